The van der Waals surface area contributed by atoms with E-state index in [-0.39, 0.29) is 0 Å². The van der Waals surface area contributed by atoms with Crippen LogP contribution in [-0.4, -0.2) is 36.1 Å². The van der Waals surface area contributed by atoms with Gasteiger partial charge in [0.1, 0.15) is 0 Å². The fourth-order valence-electron chi connectivity index (χ4n) is 1.20. The van der Waals surface area contributed by atoms with E-state index in [9.17, 15) is 4.57 Å². The van der Waals surface area contributed by atoms with Crippen molar-refractivity contribution in [3.05, 3.63) is 11.6 Å². The largest absolute Gasteiger partial charge is 0.340 e. The van der Waals surface area contributed by atoms with Crippen molar-refractivity contribution < 1.29 is 9.09 Å². The van der Waals surface area contributed by atoms with E-state index >= 15 is 0 Å². The predicted molar refractivity (Wildman–Crippen MR) is 74.8 cm³/mol. The lowest BCUT2D eigenvalue weighted by Crippen LogP contribution is -2.29. The molecule has 0 saturated heterocycles. The monoisotopic (exact) mass is 302 g/mol. The molecule has 4 nitrogen and oxygen atoms in total. The van der Waals surface area contributed by atoms with E-state index in [2.05, 4.69) is 0 Å². The topological polar surface area (TPSA) is 55.6 Å². The number of nitrogens with two attached hydrogens (primary N) is 1. The van der Waals surface area contributed by atoms with Crippen LogP contribution < -0.4 is 5.50 Å². The van der Waals surface area contributed by atoms with Crippen LogP contribution in [0.25, 0.3) is 0 Å². The molecule has 0 aromatic rings. The quantitative estimate of drug-likeness (QED) is 0.307. The molecule has 0 spiro atoms. The zero-order valence-corrected chi connectivity index (χ0v) is 12.8. The van der Waals surface area contributed by atoms with Crippen LogP contribution in [-0.2, 0) is 9.09 Å². The summed E-state index contributed by atoms with van der Waals surface area (Å²) >= 11 is 11.2. The average Bonchev–Trinajstić information content (AvgIpc) is 2.24. The van der Waals surface area contributed by atoms with Gasteiger partial charge in [-0.15, -0.1) is 23.2 Å². The maximum Gasteiger partial charge on any atom is 0.340 e. The van der Waals surface area contributed by atoms with Crippen molar-refractivity contribution in [3.63, 3.8) is 0 Å². The zero-order valence-electron chi connectivity index (χ0n) is 10.4. The molecule has 1 unspecified atom stereocenters. The predicted octanol–water partition coefficient (Wildman–Crippen LogP) is 3.21. The van der Waals surface area contributed by atoms with E-state index in [1.807, 2.05) is 19.9 Å². The first kappa shape index (κ1) is 17.4. The number of nitrogens with zero attached hydrogens (tertiary/aromatic N) is 1. The van der Waals surface area contributed by atoms with Gasteiger partial charge < -0.3 is 4.52 Å². The first-order chi connectivity index (χ1) is 7.94. The average molecular weight is 303 g/mol. The highest BCUT2D eigenvalue weighted by atomic mass is 35.5. The molecule has 7 heteroatoms. The molecule has 0 aliphatic carbocycles. The molecule has 0 aliphatic rings. The molecule has 0 amide bonds. The van der Waals surface area contributed by atoms with Gasteiger partial charge in [-0.25, -0.2) is 10.2 Å². The second-order valence-electron chi connectivity index (χ2n) is 3.80. The molecule has 2 N–H and O–H groups in total. The number of hydrogen-bond acceptors (Lipinski definition) is 2. The van der Waals surface area contributed by atoms with Gasteiger partial charge in [-0.1, -0.05) is 11.6 Å². The smallest absolute Gasteiger partial charge is 0.306 e. The zero-order chi connectivity index (χ0) is 13.3. The summed E-state index contributed by atoms with van der Waals surface area (Å²) in [7, 11) is -3.26. The first-order valence-electron chi connectivity index (χ1n) is 5.48. The van der Waals surface area contributed by atoms with Crippen molar-refractivity contribution in [1.82, 2.24) is 4.67 Å². The van der Waals surface area contributed by atoms with Gasteiger partial charge in [-0.3, -0.25) is 4.57 Å². The minimum absolute atomic E-state index is 0.333. The first-order valence-corrected chi connectivity index (χ1v) is 8.19. The van der Waals surface area contributed by atoms with Gasteiger partial charge in [-0.05, 0) is 20.3 Å². The van der Waals surface area contributed by atoms with Gasteiger partial charge in [0, 0.05) is 24.8 Å². The Bertz CT molecular complexity index is 277. The van der Waals surface area contributed by atoms with Crippen molar-refractivity contribution in [2.24, 2.45) is 5.50 Å². The van der Waals surface area contributed by atoms with Crippen LogP contribution >= 0.6 is 30.9 Å². The van der Waals surface area contributed by atoms with Crippen molar-refractivity contribution in [1.29, 1.82) is 0 Å². The Kier molecular flexibility index (Phi) is 9.61. The highest BCUT2D eigenvalue weighted by molar-refractivity contribution is 7.53. The molecule has 0 radical (unpaired) electrons. The van der Waals surface area contributed by atoms with Crippen molar-refractivity contribution in [3.8, 4) is 0 Å². The Morgan fingerprint density at radius 2 is 1.88 bits per heavy atom. The summed E-state index contributed by atoms with van der Waals surface area (Å²) < 4.78 is 18.8. The second kappa shape index (κ2) is 9.37. The maximum atomic E-state index is 12.1. The van der Waals surface area contributed by atoms with Crippen molar-refractivity contribution in [2.75, 3.05) is 31.5 Å². The van der Waals surface area contributed by atoms with Crippen LogP contribution in [0.4, 0.5) is 0 Å². The summed E-state index contributed by atoms with van der Waals surface area (Å²) in [6.07, 6.45) is 2.70. The van der Waals surface area contributed by atoms with Gasteiger partial charge in [-0.2, -0.15) is 0 Å². The van der Waals surface area contributed by atoms with Gasteiger partial charge in [0.2, 0.25) is 0 Å². The van der Waals surface area contributed by atoms with Crippen molar-refractivity contribution in [2.45, 2.75) is 20.3 Å². The van der Waals surface area contributed by atoms with Gasteiger partial charge in [0.05, 0.1) is 6.61 Å². The SMILES string of the molecule is CC(C)=CCCOP(N)(=O)N(CCCl)CCCl. The Morgan fingerprint density at radius 3 is 2.29 bits per heavy atom. The molecule has 0 aliphatic heterocycles. The molecule has 0 saturated carbocycles. The summed E-state index contributed by atoms with van der Waals surface area (Å²) in [5.74, 6) is 0.685. The Balaban J connectivity index is 4.21. The second-order valence-corrected chi connectivity index (χ2v) is 6.51. The molecule has 0 rings (SSSR count). The van der Waals surface area contributed by atoms with Crippen LogP contribution in [0, 0.1) is 0 Å². The fraction of sp³-hybridized carbons (Fsp3) is 0.800. The Hall–Kier alpha value is 0.430. The van der Waals surface area contributed by atoms with Gasteiger partial charge in [0.25, 0.3) is 0 Å². The van der Waals surface area contributed by atoms with Gasteiger partial charge in [0.15, 0.2) is 0 Å². The summed E-state index contributed by atoms with van der Waals surface area (Å²) in [5, 5.41) is 0. The van der Waals surface area contributed by atoms with Crippen LogP contribution in [0.3, 0.4) is 0 Å². The highest BCUT2D eigenvalue weighted by Crippen LogP contribution is 2.42. The molecular weight excluding hydrogens is 282 g/mol. The van der Waals surface area contributed by atoms with Crippen LogP contribution in [0.2, 0.25) is 0 Å². The lowest BCUT2D eigenvalue weighted by atomic mass is 10.3. The lowest BCUT2D eigenvalue weighted by Gasteiger charge is -2.26. The molecule has 17 heavy (non-hydrogen) atoms. The minimum atomic E-state index is -3.26. The molecule has 102 valence electrons. The summed E-state index contributed by atoms with van der Waals surface area (Å²) in [4.78, 5) is 0. The van der Waals surface area contributed by atoms with Crippen LogP contribution in [0.15, 0.2) is 11.6 Å². The molecule has 0 aromatic carbocycles. The van der Waals surface area contributed by atoms with Crippen molar-refractivity contribution >= 4 is 30.9 Å². The third-order valence-corrected chi connectivity index (χ3v) is 4.11. The minimum Gasteiger partial charge on any atom is -0.306 e. The third-order valence-electron chi connectivity index (χ3n) is 2.03. The van der Waals surface area contributed by atoms with Gasteiger partial charge >= 0.3 is 7.67 Å². The van der Waals surface area contributed by atoms with Crippen LogP contribution in [0.5, 0.6) is 0 Å². The molecular formula is C10H21Cl2N2O2P. The van der Waals surface area contributed by atoms with E-state index in [0.29, 0.717) is 37.9 Å². The molecule has 0 aromatic heterocycles. The van der Waals surface area contributed by atoms with E-state index in [4.69, 9.17) is 33.2 Å². The third kappa shape index (κ3) is 8.20. The van der Waals surface area contributed by atoms with E-state index in [1.165, 1.54) is 10.2 Å². The lowest BCUT2D eigenvalue weighted by molar-refractivity contribution is 0.270. The highest BCUT2D eigenvalue weighted by Gasteiger charge is 2.25. The maximum absolute atomic E-state index is 12.1. The van der Waals surface area contributed by atoms with Crippen LogP contribution in [0.1, 0.15) is 20.3 Å². The van der Waals surface area contributed by atoms with E-state index in [0.717, 1.165) is 0 Å². The summed E-state index contributed by atoms with van der Waals surface area (Å²) in [6, 6.07) is 0. The molecule has 0 fully saturated rings. The number of rotatable bonds is 9. The standard InChI is InChI=1S/C10H21Cl2N2O2P/c1-10(2)4-3-9-16-17(13,15)14(7-5-11)8-6-12/h4H,3,5-9H2,1-2H3,(H2,13,15). The summed E-state index contributed by atoms with van der Waals surface area (Å²) in [6.45, 7) is 5.14. The summed E-state index contributed by atoms with van der Waals surface area (Å²) in [5.41, 5.74) is 6.86. The number of allylic oxidation sites excluding steroid dienone is 1. The Labute approximate surface area is 114 Å². The normalized spacial score (nSPS) is 14.7. The fourth-order valence-corrected chi connectivity index (χ4v) is 3.13. The number of halogens is 2. The van der Waals surface area contributed by atoms with E-state index in [1.54, 1.807) is 0 Å². The molecule has 1 atom stereocenters. The van der Waals surface area contributed by atoms with E-state index < -0.39 is 7.67 Å². The molecule has 0 bridgehead atoms. The number of alkyl halides is 2. The molecule has 0 heterocycles. The Morgan fingerprint density at radius 1 is 1.35 bits per heavy atom. The number of hydrogen-bond donors (Lipinski definition) is 1.